The lowest BCUT2D eigenvalue weighted by Gasteiger charge is -2.22. The zero-order valence-corrected chi connectivity index (χ0v) is 11.8. The molecule has 0 aliphatic carbocycles. The topological polar surface area (TPSA) is 93.1 Å². The molecule has 1 amide bonds. The monoisotopic (exact) mass is 286 g/mol. The average Bonchev–Trinajstić information content (AvgIpc) is 2.74. The number of hydrogen-bond donors (Lipinski definition) is 2. The van der Waals surface area contributed by atoms with Crippen molar-refractivity contribution in [1.29, 1.82) is 0 Å². The van der Waals surface area contributed by atoms with E-state index < -0.39 is 10.0 Å². The van der Waals surface area contributed by atoms with Crippen LogP contribution in [0.25, 0.3) is 0 Å². The van der Waals surface area contributed by atoms with Crippen molar-refractivity contribution in [2.45, 2.75) is 44.3 Å². The second kappa shape index (κ2) is 5.30. The Morgan fingerprint density at radius 1 is 1.58 bits per heavy atom. The molecule has 2 rings (SSSR count). The SMILES string of the molecule is CCn1cc(S(=O)(=O)NC2CCC(=O)NC2)nc1C. The molecule has 0 aromatic carbocycles. The third-order valence-electron chi connectivity index (χ3n) is 3.16. The molecule has 1 atom stereocenters. The second-order valence-electron chi connectivity index (χ2n) is 4.57. The minimum Gasteiger partial charge on any atom is -0.355 e. The Hall–Kier alpha value is -1.41. The van der Waals surface area contributed by atoms with Crippen LogP contribution in [0.15, 0.2) is 11.2 Å². The van der Waals surface area contributed by atoms with Crippen LogP contribution >= 0.6 is 0 Å². The number of hydrogen-bond acceptors (Lipinski definition) is 4. The normalized spacial score (nSPS) is 20.3. The molecule has 1 unspecified atom stereocenters. The summed E-state index contributed by atoms with van der Waals surface area (Å²) in [4.78, 5) is 15.1. The highest BCUT2D eigenvalue weighted by molar-refractivity contribution is 7.89. The van der Waals surface area contributed by atoms with Crippen LogP contribution in [0.3, 0.4) is 0 Å². The minimum atomic E-state index is -3.62. The number of aryl methyl sites for hydroxylation is 2. The lowest BCUT2D eigenvalue weighted by atomic mass is 10.1. The van der Waals surface area contributed by atoms with Gasteiger partial charge in [0.1, 0.15) is 5.82 Å². The van der Waals surface area contributed by atoms with Gasteiger partial charge in [0.25, 0.3) is 10.0 Å². The molecule has 19 heavy (non-hydrogen) atoms. The molecule has 1 fully saturated rings. The molecule has 0 saturated carbocycles. The predicted molar refractivity (Wildman–Crippen MR) is 69.0 cm³/mol. The van der Waals surface area contributed by atoms with Gasteiger partial charge in [-0.25, -0.2) is 18.1 Å². The van der Waals surface area contributed by atoms with E-state index >= 15 is 0 Å². The number of amides is 1. The Balaban J connectivity index is 2.11. The van der Waals surface area contributed by atoms with Gasteiger partial charge in [0.15, 0.2) is 5.03 Å². The van der Waals surface area contributed by atoms with Gasteiger partial charge in [-0.15, -0.1) is 0 Å². The average molecular weight is 286 g/mol. The Labute approximate surface area is 112 Å². The highest BCUT2D eigenvalue weighted by atomic mass is 32.2. The number of sulfonamides is 1. The molecule has 1 saturated heterocycles. The van der Waals surface area contributed by atoms with Crippen molar-refractivity contribution in [2.24, 2.45) is 0 Å². The fraction of sp³-hybridized carbons (Fsp3) is 0.636. The fourth-order valence-corrected chi connectivity index (χ4v) is 3.32. The van der Waals surface area contributed by atoms with Gasteiger partial charge in [-0.1, -0.05) is 0 Å². The third kappa shape index (κ3) is 3.13. The van der Waals surface area contributed by atoms with Crippen LogP contribution in [-0.2, 0) is 21.4 Å². The summed E-state index contributed by atoms with van der Waals surface area (Å²) in [6.07, 6.45) is 2.38. The number of piperidine rings is 1. The third-order valence-corrected chi connectivity index (χ3v) is 4.55. The lowest BCUT2D eigenvalue weighted by molar-refractivity contribution is -0.122. The number of rotatable bonds is 4. The number of nitrogens with zero attached hydrogens (tertiary/aromatic N) is 2. The van der Waals surface area contributed by atoms with Gasteiger partial charge in [-0.05, 0) is 20.3 Å². The van der Waals surface area contributed by atoms with Gasteiger partial charge in [-0.3, -0.25) is 4.79 Å². The molecule has 2 heterocycles. The van der Waals surface area contributed by atoms with Crippen LogP contribution < -0.4 is 10.0 Å². The Morgan fingerprint density at radius 3 is 2.84 bits per heavy atom. The van der Waals surface area contributed by atoms with Gasteiger partial charge in [0.05, 0.1) is 0 Å². The first-order valence-corrected chi connectivity index (χ1v) is 7.73. The molecular weight excluding hydrogens is 268 g/mol. The standard InChI is InChI=1S/C11H18N4O3S/c1-3-15-7-11(13-8(15)2)19(17,18)14-9-4-5-10(16)12-6-9/h7,9,14H,3-6H2,1-2H3,(H,12,16). The Bertz CT molecular complexity index is 569. The molecule has 1 aliphatic heterocycles. The van der Waals surface area contributed by atoms with Crippen molar-refractivity contribution in [2.75, 3.05) is 6.54 Å². The molecule has 1 aromatic rings. The molecule has 1 aromatic heterocycles. The van der Waals surface area contributed by atoms with Crippen molar-refractivity contribution >= 4 is 15.9 Å². The van der Waals surface area contributed by atoms with Crippen molar-refractivity contribution in [1.82, 2.24) is 19.6 Å². The van der Waals surface area contributed by atoms with Crippen LogP contribution in [0.1, 0.15) is 25.6 Å². The number of carbonyl (C=O) groups is 1. The van der Waals surface area contributed by atoms with Crippen LogP contribution in [-0.4, -0.2) is 36.5 Å². The summed E-state index contributed by atoms with van der Waals surface area (Å²) < 4.78 is 28.7. The number of aromatic nitrogens is 2. The maximum Gasteiger partial charge on any atom is 0.259 e. The molecule has 8 heteroatoms. The van der Waals surface area contributed by atoms with Crippen molar-refractivity contribution in [3.05, 3.63) is 12.0 Å². The summed E-state index contributed by atoms with van der Waals surface area (Å²) in [5.41, 5.74) is 0. The van der Waals surface area contributed by atoms with E-state index in [1.165, 1.54) is 6.20 Å². The zero-order chi connectivity index (χ0) is 14.0. The number of imidazole rings is 1. The second-order valence-corrected chi connectivity index (χ2v) is 6.23. The van der Waals surface area contributed by atoms with Crippen LogP contribution in [0.5, 0.6) is 0 Å². The number of carbonyl (C=O) groups excluding carboxylic acids is 1. The molecule has 106 valence electrons. The first-order chi connectivity index (χ1) is 8.92. The van der Waals surface area contributed by atoms with E-state index in [1.54, 1.807) is 11.5 Å². The van der Waals surface area contributed by atoms with E-state index in [0.717, 1.165) is 0 Å². The smallest absolute Gasteiger partial charge is 0.259 e. The van der Waals surface area contributed by atoms with Crippen molar-refractivity contribution in [3.8, 4) is 0 Å². The summed E-state index contributed by atoms with van der Waals surface area (Å²) in [5.74, 6) is 0.626. The zero-order valence-electron chi connectivity index (χ0n) is 11.0. The van der Waals surface area contributed by atoms with Crippen LogP contribution in [0.4, 0.5) is 0 Å². The maximum absolute atomic E-state index is 12.2. The van der Waals surface area contributed by atoms with E-state index in [0.29, 0.717) is 31.8 Å². The molecular formula is C11H18N4O3S. The number of nitrogens with one attached hydrogen (secondary N) is 2. The van der Waals surface area contributed by atoms with E-state index in [9.17, 15) is 13.2 Å². The molecule has 0 bridgehead atoms. The first-order valence-electron chi connectivity index (χ1n) is 6.25. The summed E-state index contributed by atoms with van der Waals surface area (Å²) in [5, 5.41) is 2.67. The van der Waals surface area contributed by atoms with Gasteiger partial charge in [0, 0.05) is 31.7 Å². The van der Waals surface area contributed by atoms with E-state index in [4.69, 9.17) is 0 Å². The van der Waals surface area contributed by atoms with Crippen LogP contribution in [0, 0.1) is 6.92 Å². The maximum atomic E-state index is 12.2. The summed E-state index contributed by atoms with van der Waals surface area (Å²) in [6.45, 7) is 4.69. The summed E-state index contributed by atoms with van der Waals surface area (Å²) in [6, 6.07) is -0.269. The summed E-state index contributed by atoms with van der Waals surface area (Å²) in [7, 11) is -3.62. The van der Waals surface area contributed by atoms with Gasteiger partial charge < -0.3 is 9.88 Å². The molecule has 0 radical (unpaired) electrons. The van der Waals surface area contributed by atoms with E-state index in [1.807, 2.05) is 6.92 Å². The lowest BCUT2D eigenvalue weighted by Crippen LogP contribution is -2.47. The van der Waals surface area contributed by atoms with E-state index in [-0.39, 0.29) is 17.0 Å². The quantitative estimate of drug-likeness (QED) is 0.799. The largest absolute Gasteiger partial charge is 0.355 e. The highest BCUT2D eigenvalue weighted by Gasteiger charge is 2.26. The Kier molecular flexibility index (Phi) is 3.91. The van der Waals surface area contributed by atoms with Crippen molar-refractivity contribution in [3.63, 3.8) is 0 Å². The van der Waals surface area contributed by atoms with Gasteiger partial charge in [-0.2, -0.15) is 0 Å². The van der Waals surface area contributed by atoms with Crippen LogP contribution in [0.2, 0.25) is 0 Å². The van der Waals surface area contributed by atoms with Crippen molar-refractivity contribution < 1.29 is 13.2 Å². The van der Waals surface area contributed by atoms with Gasteiger partial charge in [0.2, 0.25) is 5.91 Å². The molecule has 2 N–H and O–H groups in total. The molecule has 7 nitrogen and oxygen atoms in total. The van der Waals surface area contributed by atoms with E-state index in [2.05, 4.69) is 15.0 Å². The fourth-order valence-electron chi connectivity index (χ4n) is 2.04. The highest BCUT2D eigenvalue weighted by Crippen LogP contribution is 2.12. The minimum absolute atomic E-state index is 0.0313. The van der Waals surface area contributed by atoms with Gasteiger partial charge >= 0.3 is 0 Å². The summed E-state index contributed by atoms with van der Waals surface area (Å²) >= 11 is 0. The predicted octanol–water partition coefficient (Wildman–Crippen LogP) is -0.232. The Morgan fingerprint density at radius 2 is 2.32 bits per heavy atom. The first kappa shape index (κ1) is 14.0. The molecule has 1 aliphatic rings. The molecule has 0 spiro atoms.